The van der Waals surface area contributed by atoms with Gasteiger partial charge in [0.2, 0.25) is 0 Å². The fourth-order valence-corrected chi connectivity index (χ4v) is 3.28. The number of nitrogens with one attached hydrogen (secondary N) is 1. The third-order valence-electron chi connectivity index (χ3n) is 4.75. The monoisotopic (exact) mass is 432 g/mol. The first kappa shape index (κ1) is 23.2. The largest absolute Gasteiger partial charge is 0.463 e. The van der Waals surface area contributed by atoms with E-state index >= 15 is 0 Å². The number of ether oxygens (including phenoxy) is 1. The Bertz CT molecular complexity index is 987. The zero-order valence-corrected chi connectivity index (χ0v) is 19.2. The molecule has 0 fully saturated rings. The number of rotatable bonds is 12. The van der Waals surface area contributed by atoms with Crippen LogP contribution < -0.4 is 15.1 Å². The molecule has 0 amide bonds. The van der Waals surface area contributed by atoms with Gasteiger partial charge in [-0.1, -0.05) is 32.0 Å². The fourth-order valence-electron chi connectivity index (χ4n) is 3.28. The maximum atomic E-state index is 5.91. The number of aromatic nitrogens is 3. The highest BCUT2D eigenvalue weighted by Gasteiger charge is 2.11. The van der Waals surface area contributed by atoms with E-state index in [0.717, 1.165) is 43.1 Å². The molecule has 0 radical (unpaired) electrons. The molecule has 1 aromatic carbocycles. The van der Waals surface area contributed by atoms with Crippen molar-refractivity contribution in [3.8, 4) is 6.01 Å². The summed E-state index contributed by atoms with van der Waals surface area (Å²) in [5.74, 6) is 0.855. The Labute approximate surface area is 190 Å². The number of hydrogen-bond donors (Lipinski definition) is 1. The van der Waals surface area contributed by atoms with E-state index < -0.39 is 0 Å². The maximum absolute atomic E-state index is 5.91. The topological polar surface area (TPSA) is 75.5 Å². The normalized spacial score (nSPS) is 11.0. The number of benzene rings is 1. The van der Waals surface area contributed by atoms with Crippen molar-refractivity contribution >= 4 is 17.7 Å². The van der Waals surface area contributed by atoms with Crippen LogP contribution in [0.4, 0.5) is 11.5 Å². The zero-order valence-electron chi connectivity index (χ0n) is 19.2. The van der Waals surface area contributed by atoms with Crippen LogP contribution in [0.25, 0.3) is 0 Å². The summed E-state index contributed by atoms with van der Waals surface area (Å²) >= 11 is 0. The third kappa shape index (κ3) is 7.34. The van der Waals surface area contributed by atoms with Crippen molar-refractivity contribution in [3.05, 3.63) is 71.7 Å². The minimum atomic E-state index is 0.354. The fraction of sp³-hybridized carbons (Fsp3) is 0.360. The van der Waals surface area contributed by atoms with Gasteiger partial charge in [0.25, 0.3) is 0 Å². The second kappa shape index (κ2) is 12.4. The predicted octanol–water partition coefficient (Wildman–Crippen LogP) is 4.87. The molecule has 2 aromatic heterocycles. The van der Waals surface area contributed by atoms with Gasteiger partial charge in [0.1, 0.15) is 5.82 Å². The van der Waals surface area contributed by atoms with Crippen LogP contribution in [0.1, 0.15) is 43.6 Å². The lowest BCUT2D eigenvalue weighted by Gasteiger charge is -2.23. The van der Waals surface area contributed by atoms with E-state index in [-0.39, 0.29) is 0 Å². The Balaban J connectivity index is 1.76. The minimum Gasteiger partial charge on any atom is -0.463 e. The van der Waals surface area contributed by atoms with Crippen molar-refractivity contribution in [2.45, 2.75) is 40.0 Å². The molecular weight excluding hydrogens is 400 g/mol. The van der Waals surface area contributed by atoms with Crippen LogP contribution in [0, 0.1) is 6.92 Å². The molecule has 168 valence electrons. The average molecular weight is 433 g/mol. The van der Waals surface area contributed by atoms with Crippen molar-refractivity contribution in [3.63, 3.8) is 0 Å². The van der Waals surface area contributed by atoms with Crippen LogP contribution in [-0.2, 0) is 6.42 Å². The van der Waals surface area contributed by atoms with E-state index in [1.54, 1.807) is 12.4 Å². The summed E-state index contributed by atoms with van der Waals surface area (Å²) in [7, 11) is 0. The summed E-state index contributed by atoms with van der Waals surface area (Å²) in [5, 5.41) is 4.37. The van der Waals surface area contributed by atoms with Gasteiger partial charge in [0.15, 0.2) is 0 Å². The third-order valence-corrected chi connectivity index (χ3v) is 4.75. The Morgan fingerprint density at radius 1 is 1.03 bits per heavy atom. The second-order valence-electron chi connectivity index (χ2n) is 7.58. The van der Waals surface area contributed by atoms with Crippen LogP contribution in [0.3, 0.4) is 0 Å². The van der Waals surface area contributed by atoms with Crippen LogP contribution in [0.2, 0.25) is 0 Å². The van der Waals surface area contributed by atoms with Crippen molar-refractivity contribution < 1.29 is 4.74 Å². The Morgan fingerprint density at radius 3 is 2.59 bits per heavy atom. The summed E-state index contributed by atoms with van der Waals surface area (Å²) in [6.07, 6.45) is 6.27. The standard InChI is InChI=1S/C25H32N6O/c1-4-14-31(15-5-2)24-18-23(19-27-30-22-11-8-9-20(3)17-22)28-25(29-24)32-16-12-21-10-6-7-13-26-21/h6-11,13,17-19,30H,4-5,12,14-16H2,1-3H3/b27-19+. The lowest BCUT2D eigenvalue weighted by Crippen LogP contribution is -2.26. The number of anilines is 2. The van der Waals surface area contributed by atoms with Gasteiger partial charge in [-0.25, -0.2) is 0 Å². The molecule has 0 saturated carbocycles. The van der Waals surface area contributed by atoms with Crippen LogP contribution in [0.15, 0.2) is 59.8 Å². The average Bonchev–Trinajstić information content (AvgIpc) is 2.80. The molecule has 32 heavy (non-hydrogen) atoms. The molecule has 7 nitrogen and oxygen atoms in total. The van der Waals surface area contributed by atoms with E-state index in [1.807, 2.05) is 42.5 Å². The maximum Gasteiger partial charge on any atom is 0.318 e. The molecule has 0 saturated heterocycles. The molecule has 0 aliphatic rings. The first-order valence-corrected chi connectivity index (χ1v) is 11.2. The molecule has 0 unspecified atom stereocenters. The predicted molar refractivity (Wildman–Crippen MR) is 131 cm³/mol. The van der Waals surface area contributed by atoms with E-state index in [9.17, 15) is 0 Å². The van der Waals surface area contributed by atoms with E-state index in [0.29, 0.717) is 24.7 Å². The SMILES string of the molecule is CCCN(CCC)c1cc(/C=N/Nc2cccc(C)c2)nc(OCCc2ccccn2)n1. The van der Waals surface area contributed by atoms with E-state index in [1.165, 1.54) is 5.56 Å². The molecule has 0 atom stereocenters. The minimum absolute atomic E-state index is 0.354. The van der Waals surface area contributed by atoms with Crippen LogP contribution >= 0.6 is 0 Å². The number of nitrogens with zero attached hydrogens (tertiary/aromatic N) is 5. The molecule has 7 heteroatoms. The van der Waals surface area contributed by atoms with Gasteiger partial charge in [0, 0.05) is 37.5 Å². The summed E-state index contributed by atoms with van der Waals surface area (Å²) in [5.41, 5.74) is 6.84. The van der Waals surface area contributed by atoms with Gasteiger partial charge in [-0.3, -0.25) is 10.4 Å². The molecule has 3 rings (SSSR count). The molecule has 0 spiro atoms. The van der Waals surface area contributed by atoms with E-state index in [4.69, 9.17) is 4.74 Å². The van der Waals surface area contributed by atoms with Gasteiger partial charge < -0.3 is 9.64 Å². The lowest BCUT2D eigenvalue weighted by atomic mass is 10.2. The second-order valence-corrected chi connectivity index (χ2v) is 7.58. The quantitative estimate of drug-likeness (QED) is 0.325. The van der Waals surface area contributed by atoms with Gasteiger partial charge >= 0.3 is 6.01 Å². The van der Waals surface area contributed by atoms with Gasteiger partial charge in [-0.05, 0) is 49.6 Å². The zero-order chi connectivity index (χ0) is 22.6. The smallest absolute Gasteiger partial charge is 0.318 e. The summed E-state index contributed by atoms with van der Waals surface area (Å²) < 4.78 is 5.91. The lowest BCUT2D eigenvalue weighted by molar-refractivity contribution is 0.295. The highest BCUT2D eigenvalue weighted by molar-refractivity contribution is 5.79. The molecule has 0 aliphatic carbocycles. The highest BCUT2D eigenvalue weighted by atomic mass is 16.5. The molecule has 0 bridgehead atoms. The first-order valence-electron chi connectivity index (χ1n) is 11.2. The number of aryl methyl sites for hydroxylation is 1. The molecule has 3 aromatic rings. The number of hydrogen-bond acceptors (Lipinski definition) is 7. The van der Waals surface area contributed by atoms with Crippen molar-refractivity contribution in [1.82, 2.24) is 15.0 Å². The van der Waals surface area contributed by atoms with Crippen LogP contribution in [0.5, 0.6) is 6.01 Å². The molecular formula is C25H32N6O. The van der Waals surface area contributed by atoms with Crippen LogP contribution in [-0.4, -0.2) is 40.9 Å². The molecule has 2 heterocycles. The Hall–Kier alpha value is -3.48. The van der Waals surface area contributed by atoms with Gasteiger partial charge in [-0.2, -0.15) is 15.1 Å². The number of pyridine rings is 1. The summed E-state index contributed by atoms with van der Waals surface area (Å²) in [6.45, 7) is 8.70. The van der Waals surface area contributed by atoms with E-state index in [2.05, 4.69) is 57.2 Å². The molecule has 0 aliphatic heterocycles. The van der Waals surface area contributed by atoms with Gasteiger partial charge in [0.05, 0.1) is 24.2 Å². The number of hydrazone groups is 1. The Morgan fingerprint density at radius 2 is 1.88 bits per heavy atom. The molecule has 1 N–H and O–H groups in total. The van der Waals surface area contributed by atoms with Gasteiger partial charge in [-0.15, -0.1) is 0 Å². The highest BCUT2D eigenvalue weighted by Crippen LogP contribution is 2.17. The van der Waals surface area contributed by atoms with Crippen molar-refractivity contribution in [1.29, 1.82) is 0 Å². The van der Waals surface area contributed by atoms with Crippen molar-refractivity contribution in [2.24, 2.45) is 5.10 Å². The first-order chi connectivity index (χ1) is 15.7. The summed E-state index contributed by atoms with van der Waals surface area (Å²) in [6, 6.07) is 16.2. The summed E-state index contributed by atoms with van der Waals surface area (Å²) in [4.78, 5) is 15.8. The Kier molecular flexibility index (Phi) is 8.98. The van der Waals surface area contributed by atoms with Crippen molar-refractivity contribution in [2.75, 3.05) is 30.0 Å².